The van der Waals surface area contributed by atoms with Crippen LogP contribution in [0.25, 0.3) is 0 Å². The third-order valence-corrected chi connectivity index (χ3v) is 0.238. The van der Waals surface area contributed by atoms with E-state index in [1.165, 1.54) is 0 Å². The summed E-state index contributed by atoms with van der Waals surface area (Å²) < 4.78 is 0. The van der Waals surface area contributed by atoms with Gasteiger partial charge in [-0.05, 0) is 0 Å². The molecule has 18 heavy (non-hydrogen) atoms. The van der Waals surface area contributed by atoms with Gasteiger partial charge in [-0.2, -0.15) is 0 Å². The Bertz CT molecular complexity index is 231. The van der Waals surface area contributed by atoms with Gasteiger partial charge in [0.1, 0.15) is 0 Å². The van der Waals surface area contributed by atoms with E-state index in [1.807, 2.05) is 0 Å². The molecule has 0 heterocycles. The lowest BCUT2D eigenvalue weighted by atomic mass is 11.4. The molecule has 0 saturated heterocycles. The SMILES string of the molecule is O=C(O)O.O=C(O)O.O=C(O)OOOOC(=O)O. The summed E-state index contributed by atoms with van der Waals surface area (Å²) in [6, 6.07) is 0. The van der Waals surface area contributed by atoms with Gasteiger partial charge in [0.2, 0.25) is 0 Å². The van der Waals surface area contributed by atoms with Crippen LogP contribution < -0.4 is 0 Å². The van der Waals surface area contributed by atoms with Crippen LogP contribution in [-0.2, 0) is 19.9 Å². The van der Waals surface area contributed by atoms with Crippen molar-refractivity contribution in [1.29, 1.82) is 0 Å². The fourth-order valence-corrected chi connectivity index (χ4v) is 0.0860. The third-order valence-electron chi connectivity index (χ3n) is 0.238. The number of hydrogen-bond acceptors (Lipinski definition) is 8. The zero-order valence-electron chi connectivity index (χ0n) is 7.95. The predicted molar refractivity (Wildman–Crippen MR) is 41.7 cm³/mol. The average molecular weight is 278 g/mol. The van der Waals surface area contributed by atoms with E-state index in [9.17, 15) is 9.59 Å². The van der Waals surface area contributed by atoms with E-state index >= 15 is 0 Å². The van der Waals surface area contributed by atoms with Crippen LogP contribution in [0.1, 0.15) is 0 Å². The third kappa shape index (κ3) is 117. The van der Waals surface area contributed by atoms with E-state index in [4.69, 9.17) is 40.2 Å². The summed E-state index contributed by atoms with van der Waals surface area (Å²) in [5.74, 6) is 0. The van der Waals surface area contributed by atoms with Crippen LogP contribution in [-0.4, -0.2) is 55.3 Å². The highest BCUT2D eigenvalue weighted by Gasteiger charge is 2.01. The monoisotopic (exact) mass is 278 g/mol. The summed E-state index contributed by atoms with van der Waals surface area (Å²) in [5.41, 5.74) is 0. The zero-order chi connectivity index (χ0) is 15.1. The van der Waals surface area contributed by atoms with Gasteiger partial charge in [0.05, 0.1) is 0 Å². The Balaban J connectivity index is -0.000000233. The maximum absolute atomic E-state index is 9.41. The van der Waals surface area contributed by atoms with E-state index in [2.05, 4.69) is 19.9 Å². The average Bonchev–Trinajstić information content (AvgIpc) is 2.09. The molecule has 0 aromatic carbocycles. The standard InChI is InChI=1S/C2H2O8.2CH2O3/c3-1(4)7-9-10-8-2(5)6;2*2-1(3)4/h(H,3,4)(H,5,6);2*(H2,2,3,4). The van der Waals surface area contributed by atoms with Crippen molar-refractivity contribution >= 4 is 24.6 Å². The van der Waals surface area contributed by atoms with Crippen molar-refractivity contribution in [1.82, 2.24) is 0 Å². The Morgan fingerprint density at radius 2 is 0.722 bits per heavy atom. The maximum Gasteiger partial charge on any atom is 0.540 e. The normalized spacial score (nSPS) is 7.33. The Hall–Kier alpha value is -3.00. The summed E-state index contributed by atoms with van der Waals surface area (Å²) in [6.45, 7) is 0. The molecule has 0 bridgehead atoms. The van der Waals surface area contributed by atoms with Gasteiger partial charge in [0, 0.05) is 10.1 Å². The van der Waals surface area contributed by atoms with Crippen molar-refractivity contribution in [3.8, 4) is 0 Å². The van der Waals surface area contributed by atoms with Crippen molar-refractivity contribution in [2.75, 3.05) is 0 Å². The molecule has 0 rings (SSSR count). The molecule has 0 unspecified atom stereocenters. The molecule has 14 heteroatoms. The molecular formula is C4H6O14. The van der Waals surface area contributed by atoms with Crippen molar-refractivity contribution in [2.24, 2.45) is 0 Å². The number of carbonyl (C=O) groups is 4. The molecule has 0 saturated carbocycles. The topological polar surface area (TPSA) is 227 Å². The molecule has 0 fully saturated rings. The molecule has 106 valence electrons. The Labute approximate surface area is 95.5 Å². The molecule has 0 aromatic rings. The highest BCUT2D eigenvalue weighted by Crippen LogP contribution is 1.84. The lowest BCUT2D eigenvalue weighted by molar-refractivity contribution is -0.600. The maximum atomic E-state index is 9.41. The predicted octanol–water partition coefficient (Wildman–Crippen LogP) is 0.599. The summed E-state index contributed by atoms with van der Waals surface area (Å²) in [7, 11) is 0. The summed E-state index contributed by atoms with van der Waals surface area (Å²) in [5, 5.41) is 49.6. The van der Waals surface area contributed by atoms with Crippen LogP contribution in [0.5, 0.6) is 0 Å². The second kappa shape index (κ2) is 14.0. The molecule has 0 aliphatic heterocycles. The number of rotatable bonds is 3. The first-order valence-corrected chi connectivity index (χ1v) is 3.07. The Morgan fingerprint density at radius 3 is 0.833 bits per heavy atom. The fraction of sp³-hybridized carbons (Fsp3) is 0. The van der Waals surface area contributed by atoms with Crippen molar-refractivity contribution in [3.63, 3.8) is 0 Å². The highest BCUT2D eigenvalue weighted by molar-refractivity contribution is 5.56. The van der Waals surface area contributed by atoms with Gasteiger partial charge in [-0.1, -0.05) is 0 Å². The second-order valence-corrected chi connectivity index (χ2v) is 1.40. The fourth-order valence-electron chi connectivity index (χ4n) is 0.0860. The quantitative estimate of drug-likeness (QED) is 0.236. The van der Waals surface area contributed by atoms with Crippen molar-refractivity contribution in [2.45, 2.75) is 0 Å². The summed E-state index contributed by atoms with van der Waals surface area (Å²) in [6.07, 6.45) is -7.26. The van der Waals surface area contributed by atoms with Gasteiger partial charge in [-0.15, -0.1) is 0 Å². The van der Waals surface area contributed by atoms with E-state index in [0.29, 0.717) is 0 Å². The second-order valence-electron chi connectivity index (χ2n) is 1.40. The molecule has 0 aliphatic carbocycles. The summed E-state index contributed by atoms with van der Waals surface area (Å²) in [4.78, 5) is 42.3. The van der Waals surface area contributed by atoms with Gasteiger partial charge in [0.15, 0.2) is 0 Å². The minimum Gasteiger partial charge on any atom is -0.450 e. The van der Waals surface area contributed by atoms with Crippen LogP contribution in [0.4, 0.5) is 19.2 Å². The van der Waals surface area contributed by atoms with E-state index < -0.39 is 24.6 Å². The molecule has 14 nitrogen and oxygen atoms in total. The molecule has 6 N–H and O–H groups in total. The highest BCUT2D eigenvalue weighted by atomic mass is 17.7. The molecule has 0 radical (unpaired) electrons. The van der Waals surface area contributed by atoms with Crippen LogP contribution in [0.15, 0.2) is 0 Å². The zero-order valence-corrected chi connectivity index (χ0v) is 7.95. The molecule has 0 spiro atoms. The largest absolute Gasteiger partial charge is 0.540 e. The van der Waals surface area contributed by atoms with E-state index in [0.717, 1.165) is 0 Å². The van der Waals surface area contributed by atoms with Gasteiger partial charge < -0.3 is 30.6 Å². The van der Waals surface area contributed by atoms with Crippen molar-refractivity contribution < 1.29 is 69.7 Å². The summed E-state index contributed by atoms with van der Waals surface area (Å²) >= 11 is 0. The first-order valence-electron chi connectivity index (χ1n) is 3.07. The van der Waals surface area contributed by atoms with Crippen LogP contribution in [0.2, 0.25) is 0 Å². The van der Waals surface area contributed by atoms with Crippen molar-refractivity contribution in [3.05, 3.63) is 0 Å². The smallest absolute Gasteiger partial charge is 0.450 e. The van der Waals surface area contributed by atoms with Gasteiger partial charge >= 0.3 is 24.6 Å². The Morgan fingerprint density at radius 1 is 0.556 bits per heavy atom. The van der Waals surface area contributed by atoms with Crippen LogP contribution in [0, 0.1) is 0 Å². The molecule has 0 atom stereocenters. The molecule has 0 aromatic heterocycles. The Kier molecular flexibility index (Phi) is 15.9. The lowest BCUT2D eigenvalue weighted by Crippen LogP contribution is -2.06. The van der Waals surface area contributed by atoms with E-state index in [-0.39, 0.29) is 0 Å². The molecular weight excluding hydrogens is 272 g/mol. The minimum atomic E-state index is -1.83. The molecule has 0 aliphatic rings. The van der Waals surface area contributed by atoms with Gasteiger partial charge in [0.25, 0.3) is 0 Å². The molecule has 0 amide bonds. The van der Waals surface area contributed by atoms with Crippen LogP contribution in [0.3, 0.4) is 0 Å². The van der Waals surface area contributed by atoms with Gasteiger partial charge in [-0.25, -0.2) is 29.0 Å². The number of carboxylic acid groups (broad SMARTS) is 6. The van der Waals surface area contributed by atoms with E-state index in [1.54, 1.807) is 0 Å². The first-order chi connectivity index (χ1) is 8.09. The van der Waals surface area contributed by atoms with Gasteiger partial charge in [-0.3, -0.25) is 0 Å². The number of hydrogen-bond donors (Lipinski definition) is 6. The minimum absolute atomic E-state index is 1.80. The first kappa shape index (κ1) is 20.4. The lowest BCUT2D eigenvalue weighted by Gasteiger charge is -1.93. The van der Waals surface area contributed by atoms with Crippen LogP contribution >= 0.6 is 0 Å².